The number of ether oxygens (including phenoxy) is 1. The summed E-state index contributed by atoms with van der Waals surface area (Å²) in [5, 5.41) is 10.4. The number of aryl methyl sites for hydroxylation is 2. The number of benzene rings is 2. The minimum atomic E-state index is -0.159. The largest absolute Gasteiger partial charge is 0.396 e. The molecule has 36 heavy (non-hydrogen) atoms. The molecule has 2 aromatic carbocycles. The molecule has 0 saturated carbocycles. The van der Waals surface area contributed by atoms with Gasteiger partial charge in [0.15, 0.2) is 0 Å². The predicted octanol–water partition coefficient (Wildman–Crippen LogP) is 3.48. The average Bonchev–Trinajstić information content (AvgIpc) is 3.13. The molecule has 0 aliphatic carbocycles. The van der Waals surface area contributed by atoms with E-state index in [2.05, 4.69) is 16.0 Å². The van der Waals surface area contributed by atoms with Gasteiger partial charge in [0, 0.05) is 36.2 Å². The maximum Gasteiger partial charge on any atom is 0.333 e. The Morgan fingerprint density at radius 3 is 2.50 bits per heavy atom. The normalized spacial score (nSPS) is 14.9. The number of imidazole rings is 1. The quantitative estimate of drug-likeness (QED) is 0.398. The first-order chi connectivity index (χ1) is 17.4. The minimum absolute atomic E-state index is 0.109. The lowest BCUT2D eigenvalue weighted by molar-refractivity contribution is -0.0700. The number of aromatic nitrogens is 4. The summed E-state index contributed by atoms with van der Waals surface area (Å²) in [6.07, 6.45) is 4.17. The average molecular weight is 482 g/mol. The van der Waals surface area contributed by atoms with Crippen molar-refractivity contribution < 1.29 is 9.84 Å². The number of nitrogen functional groups attached to an aromatic ring is 1. The molecule has 0 spiro atoms. The van der Waals surface area contributed by atoms with Crippen molar-refractivity contribution in [3.05, 3.63) is 82.5 Å². The molecule has 1 fully saturated rings. The highest BCUT2D eigenvalue weighted by atomic mass is 16.5. The van der Waals surface area contributed by atoms with Crippen molar-refractivity contribution in [2.45, 2.75) is 18.8 Å². The van der Waals surface area contributed by atoms with Crippen molar-refractivity contribution in [3.63, 3.8) is 0 Å². The number of hydrogen-bond donors (Lipinski definition) is 2. The van der Waals surface area contributed by atoms with Gasteiger partial charge in [-0.3, -0.25) is 14.1 Å². The van der Waals surface area contributed by atoms with E-state index in [0.717, 1.165) is 49.9 Å². The van der Waals surface area contributed by atoms with Crippen LogP contribution in [0.15, 0.2) is 65.7 Å². The van der Waals surface area contributed by atoms with Crippen LogP contribution >= 0.6 is 0 Å². The van der Waals surface area contributed by atoms with Crippen LogP contribution in [0, 0.1) is 6.92 Å². The Bertz CT molecular complexity index is 1680. The van der Waals surface area contributed by atoms with Crippen molar-refractivity contribution in [3.8, 4) is 16.8 Å². The highest BCUT2D eigenvalue weighted by molar-refractivity contribution is 6.04. The Kier molecular flexibility index (Phi) is 5.17. The molecule has 0 radical (unpaired) electrons. The smallest absolute Gasteiger partial charge is 0.333 e. The van der Waals surface area contributed by atoms with E-state index in [1.54, 1.807) is 28.6 Å². The van der Waals surface area contributed by atoms with E-state index in [0.29, 0.717) is 25.5 Å². The lowest BCUT2D eigenvalue weighted by atomic mass is 9.76. The number of pyridine rings is 2. The fraction of sp³-hybridized carbons (Fsp3) is 0.250. The van der Waals surface area contributed by atoms with E-state index >= 15 is 0 Å². The third-order valence-corrected chi connectivity index (χ3v) is 7.42. The summed E-state index contributed by atoms with van der Waals surface area (Å²) in [4.78, 5) is 22.4. The number of aliphatic hydroxyl groups is 1. The highest BCUT2D eigenvalue weighted by Gasteiger charge is 2.39. The zero-order valence-corrected chi connectivity index (χ0v) is 20.2. The topological polar surface area (TPSA) is 108 Å². The highest BCUT2D eigenvalue weighted by Crippen LogP contribution is 2.36. The van der Waals surface area contributed by atoms with Crippen LogP contribution in [0.1, 0.15) is 17.5 Å². The van der Waals surface area contributed by atoms with E-state index in [-0.39, 0.29) is 17.7 Å². The van der Waals surface area contributed by atoms with Crippen LogP contribution in [-0.4, -0.2) is 44.0 Å². The maximum absolute atomic E-state index is 13.4. The summed E-state index contributed by atoms with van der Waals surface area (Å²) < 4.78 is 8.84. The molecule has 5 aromatic rings. The molecule has 8 heteroatoms. The standard InChI is InChI=1S/C28H27N5O3/c1-17-11-19(13-31-26(17)29)18-3-8-23-22(12-18)25-24(14-30-23)32(2)27(35)33(25)21-6-4-20(5-7-21)28(9-10-34)15-36-16-28/h3-8,11-14,34H,9-10,15-16H2,1-2H3,(H2,29,31). The lowest BCUT2D eigenvalue weighted by Gasteiger charge is -2.41. The first-order valence-electron chi connectivity index (χ1n) is 11.9. The molecule has 3 N–H and O–H groups in total. The monoisotopic (exact) mass is 481 g/mol. The van der Waals surface area contributed by atoms with E-state index in [1.165, 1.54) is 0 Å². The Morgan fingerprint density at radius 2 is 1.83 bits per heavy atom. The second-order valence-electron chi connectivity index (χ2n) is 9.62. The summed E-state index contributed by atoms with van der Waals surface area (Å²) in [5.74, 6) is 0.512. The Balaban J connectivity index is 1.54. The van der Waals surface area contributed by atoms with Gasteiger partial charge in [0.05, 0.1) is 41.6 Å². The third kappa shape index (κ3) is 3.33. The zero-order chi connectivity index (χ0) is 25.0. The van der Waals surface area contributed by atoms with Gasteiger partial charge in [-0.25, -0.2) is 9.78 Å². The summed E-state index contributed by atoms with van der Waals surface area (Å²) in [6.45, 7) is 3.24. The third-order valence-electron chi connectivity index (χ3n) is 7.42. The Hall–Kier alpha value is -4.01. The van der Waals surface area contributed by atoms with E-state index in [1.807, 2.05) is 49.4 Å². The fourth-order valence-electron chi connectivity index (χ4n) is 5.14. The number of fused-ring (bicyclic) bond motifs is 3. The van der Waals surface area contributed by atoms with Gasteiger partial charge in [0.2, 0.25) is 0 Å². The van der Waals surface area contributed by atoms with Crippen molar-refractivity contribution >= 4 is 27.8 Å². The number of aliphatic hydroxyl groups excluding tert-OH is 1. The molecule has 8 nitrogen and oxygen atoms in total. The first-order valence-corrected chi connectivity index (χ1v) is 11.9. The molecule has 1 aliphatic heterocycles. The number of rotatable bonds is 5. The van der Waals surface area contributed by atoms with E-state index in [4.69, 9.17) is 10.5 Å². The van der Waals surface area contributed by atoms with Gasteiger partial charge in [-0.05, 0) is 60.4 Å². The molecular formula is C28H27N5O3. The van der Waals surface area contributed by atoms with Crippen molar-refractivity contribution in [1.29, 1.82) is 0 Å². The molecule has 0 amide bonds. The molecule has 6 rings (SSSR count). The number of nitrogens with two attached hydrogens (primary N) is 1. The molecule has 0 atom stereocenters. The summed E-state index contributed by atoms with van der Waals surface area (Å²) in [5.41, 5.74) is 12.7. The van der Waals surface area contributed by atoms with Gasteiger partial charge in [0.25, 0.3) is 0 Å². The predicted molar refractivity (Wildman–Crippen MR) is 140 cm³/mol. The molecule has 182 valence electrons. The van der Waals surface area contributed by atoms with Gasteiger partial charge in [-0.2, -0.15) is 0 Å². The zero-order valence-electron chi connectivity index (χ0n) is 20.2. The van der Waals surface area contributed by atoms with E-state index < -0.39 is 0 Å². The Labute approximate surface area is 207 Å². The minimum Gasteiger partial charge on any atom is -0.396 e. The van der Waals surface area contributed by atoms with Crippen LogP contribution in [0.25, 0.3) is 38.8 Å². The SMILES string of the molecule is Cc1cc(-c2ccc3ncc4c(c3c2)n(-c2ccc(C3(CCO)COC3)cc2)c(=O)n4C)cnc1N. The number of nitrogens with zero attached hydrogens (tertiary/aromatic N) is 4. The second-order valence-corrected chi connectivity index (χ2v) is 9.62. The lowest BCUT2D eigenvalue weighted by Crippen LogP contribution is -2.47. The van der Waals surface area contributed by atoms with Crippen molar-refractivity contribution in [1.82, 2.24) is 19.1 Å². The molecule has 4 heterocycles. The summed E-state index contributed by atoms with van der Waals surface area (Å²) in [6, 6.07) is 16.1. The molecule has 0 unspecified atom stereocenters. The number of anilines is 1. The van der Waals surface area contributed by atoms with Crippen LogP contribution in [0.2, 0.25) is 0 Å². The van der Waals surface area contributed by atoms with Gasteiger partial charge in [0.1, 0.15) is 5.82 Å². The van der Waals surface area contributed by atoms with Crippen LogP contribution in [0.4, 0.5) is 5.82 Å². The number of hydrogen-bond acceptors (Lipinski definition) is 6. The molecule has 1 aliphatic rings. The maximum atomic E-state index is 13.4. The summed E-state index contributed by atoms with van der Waals surface area (Å²) >= 11 is 0. The van der Waals surface area contributed by atoms with Crippen LogP contribution in [-0.2, 0) is 17.2 Å². The van der Waals surface area contributed by atoms with E-state index in [9.17, 15) is 9.90 Å². The fourth-order valence-corrected chi connectivity index (χ4v) is 5.14. The van der Waals surface area contributed by atoms with Crippen LogP contribution < -0.4 is 11.4 Å². The van der Waals surface area contributed by atoms with Crippen molar-refractivity contribution in [2.24, 2.45) is 7.05 Å². The Morgan fingerprint density at radius 1 is 1.06 bits per heavy atom. The van der Waals surface area contributed by atoms with Gasteiger partial charge in [-0.1, -0.05) is 18.2 Å². The first kappa shape index (κ1) is 22.5. The van der Waals surface area contributed by atoms with Gasteiger partial charge in [-0.15, -0.1) is 0 Å². The molecule has 0 bridgehead atoms. The second kappa shape index (κ2) is 8.29. The van der Waals surface area contributed by atoms with Crippen molar-refractivity contribution in [2.75, 3.05) is 25.6 Å². The molecule has 1 saturated heterocycles. The van der Waals surface area contributed by atoms with Crippen LogP contribution in [0.3, 0.4) is 0 Å². The molecule has 3 aromatic heterocycles. The molecular weight excluding hydrogens is 454 g/mol. The van der Waals surface area contributed by atoms with Crippen LogP contribution in [0.5, 0.6) is 0 Å². The van der Waals surface area contributed by atoms with Gasteiger partial charge >= 0.3 is 5.69 Å². The summed E-state index contributed by atoms with van der Waals surface area (Å²) in [7, 11) is 1.77. The van der Waals surface area contributed by atoms with Gasteiger partial charge < -0.3 is 15.6 Å².